The maximum Gasteiger partial charge on any atom is 0.254 e. The number of aliphatic hydroxyl groups excluding tert-OH is 1. The van der Waals surface area contributed by atoms with Gasteiger partial charge in [-0.15, -0.1) is 0 Å². The third-order valence-electron chi connectivity index (χ3n) is 8.89. The first-order valence-electron chi connectivity index (χ1n) is 15.5. The number of amides is 1. The number of rotatable bonds is 16. The fourth-order valence-electron chi connectivity index (χ4n) is 6.03. The number of ether oxygens (including phenoxy) is 3. The van der Waals surface area contributed by atoms with Gasteiger partial charge in [0.05, 0.1) is 13.7 Å². The maximum atomic E-state index is 13.9. The van der Waals surface area contributed by atoms with E-state index in [0.29, 0.717) is 48.8 Å². The zero-order valence-electron chi connectivity index (χ0n) is 26.3. The molecule has 2 aliphatic rings. The van der Waals surface area contributed by atoms with Crippen molar-refractivity contribution in [1.29, 1.82) is 0 Å². The van der Waals surface area contributed by atoms with Crippen molar-refractivity contribution in [2.75, 3.05) is 53.6 Å². The zero-order chi connectivity index (χ0) is 30.3. The summed E-state index contributed by atoms with van der Waals surface area (Å²) in [5.74, 6) is 1.78. The molecule has 1 saturated heterocycles. The van der Waals surface area contributed by atoms with E-state index in [1.807, 2.05) is 29.2 Å². The summed E-state index contributed by atoms with van der Waals surface area (Å²) in [5, 5.41) is 15.3. The number of hydrogen-bond donors (Lipinski definition) is 2. The fourth-order valence-corrected chi connectivity index (χ4v) is 6.03. The first-order valence-corrected chi connectivity index (χ1v) is 15.5. The first-order chi connectivity index (χ1) is 20.2. The number of nitrogens with zero attached hydrogens (tertiary/aromatic N) is 2. The smallest absolute Gasteiger partial charge is 0.254 e. The first kappa shape index (κ1) is 32.3. The number of methoxy groups -OCH3 is 2. The number of hydrogen-bond acceptors (Lipinski definition) is 7. The Hall–Kier alpha value is -2.65. The Balaban J connectivity index is 1.47. The topological polar surface area (TPSA) is 83.5 Å². The molecule has 3 atom stereocenters. The minimum Gasteiger partial charge on any atom is -0.493 e. The van der Waals surface area contributed by atoms with Crippen molar-refractivity contribution in [3.63, 3.8) is 0 Å². The molecule has 8 heteroatoms. The SMILES string of the molecule is COCCCOc1cc(C(=O)N(C[C@@H]2CNC[C@H]2CN(C2CC2)C(O)C(C)(C)c2ccccc2)C(C)C)ccc1OC. The van der Waals surface area contributed by atoms with Gasteiger partial charge in [-0.05, 0) is 68.8 Å². The van der Waals surface area contributed by atoms with Crippen molar-refractivity contribution in [3.8, 4) is 11.5 Å². The molecule has 4 rings (SSSR count). The minimum atomic E-state index is -0.585. The molecular weight excluding hydrogens is 530 g/mol. The summed E-state index contributed by atoms with van der Waals surface area (Å²) in [7, 11) is 3.28. The van der Waals surface area contributed by atoms with E-state index in [2.05, 4.69) is 50.0 Å². The van der Waals surface area contributed by atoms with E-state index in [4.69, 9.17) is 14.2 Å². The molecule has 1 aliphatic carbocycles. The average molecular weight is 582 g/mol. The number of carbonyl (C=O) groups is 1. The van der Waals surface area contributed by atoms with Gasteiger partial charge in [-0.2, -0.15) is 0 Å². The molecule has 2 aromatic rings. The number of nitrogens with one attached hydrogen (secondary N) is 1. The lowest BCUT2D eigenvalue weighted by molar-refractivity contribution is -0.0602. The van der Waals surface area contributed by atoms with Crippen molar-refractivity contribution in [2.45, 2.75) is 70.7 Å². The van der Waals surface area contributed by atoms with E-state index in [9.17, 15) is 9.90 Å². The van der Waals surface area contributed by atoms with E-state index >= 15 is 0 Å². The molecule has 2 aromatic carbocycles. The minimum absolute atomic E-state index is 0.00987. The van der Waals surface area contributed by atoms with Gasteiger partial charge < -0.3 is 29.5 Å². The molecule has 1 aliphatic heterocycles. The molecule has 2 fully saturated rings. The van der Waals surface area contributed by atoms with E-state index in [0.717, 1.165) is 44.5 Å². The van der Waals surface area contributed by atoms with Crippen LogP contribution in [-0.4, -0.2) is 92.7 Å². The van der Waals surface area contributed by atoms with Crippen LogP contribution in [0.1, 0.15) is 62.9 Å². The summed E-state index contributed by atoms with van der Waals surface area (Å²) in [6.07, 6.45) is 2.41. The summed E-state index contributed by atoms with van der Waals surface area (Å²) in [5.41, 5.74) is 1.33. The number of carbonyl (C=O) groups excluding carboxylic acids is 1. The highest BCUT2D eigenvalue weighted by molar-refractivity contribution is 5.95. The molecule has 1 heterocycles. The Bertz CT molecular complexity index is 1140. The summed E-state index contributed by atoms with van der Waals surface area (Å²) in [4.78, 5) is 18.2. The Labute approximate surface area is 252 Å². The Morgan fingerprint density at radius 3 is 2.31 bits per heavy atom. The third-order valence-corrected chi connectivity index (χ3v) is 8.89. The second-order valence-electron chi connectivity index (χ2n) is 12.7. The average Bonchev–Trinajstić information content (AvgIpc) is 3.74. The van der Waals surface area contributed by atoms with Crippen molar-refractivity contribution >= 4 is 5.91 Å². The van der Waals surface area contributed by atoms with E-state index in [1.165, 1.54) is 0 Å². The highest BCUT2D eigenvalue weighted by Crippen LogP contribution is 2.38. The lowest BCUT2D eigenvalue weighted by Crippen LogP contribution is -2.51. The van der Waals surface area contributed by atoms with Crippen molar-refractivity contribution in [2.24, 2.45) is 11.8 Å². The van der Waals surface area contributed by atoms with Crippen molar-refractivity contribution in [3.05, 3.63) is 59.7 Å². The maximum absolute atomic E-state index is 13.9. The van der Waals surface area contributed by atoms with Gasteiger partial charge in [0, 0.05) is 62.8 Å². The van der Waals surface area contributed by atoms with Crippen molar-refractivity contribution in [1.82, 2.24) is 15.1 Å². The lowest BCUT2D eigenvalue weighted by atomic mass is 9.81. The molecule has 0 radical (unpaired) electrons. The number of aliphatic hydroxyl groups is 1. The van der Waals surface area contributed by atoms with Gasteiger partial charge in [0.15, 0.2) is 11.5 Å². The molecular formula is C34H51N3O5. The number of benzene rings is 2. The fraction of sp³-hybridized carbons (Fsp3) is 0.618. The van der Waals surface area contributed by atoms with E-state index in [1.54, 1.807) is 26.4 Å². The van der Waals surface area contributed by atoms with Crippen LogP contribution in [0.4, 0.5) is 0 Å². The molecule has 0 spiro atoms. The Kier molecular flexibility index (Phi) is 11.3. The molecule has 0 aromatic heterocycles. The Morgan fingerprint density at radius 1 is 1.00 bits per heavy atom. The van der Waals surface area contributed by atoms with Crippen LogP contribution in [0.25, 0.3) is 0 Å². The van der Waals surface area contributed by atoms with Crippen LogP contribution in [0.3, 0.4) is 0 Å². The molecule has 1 unspecified atom stereocenters. The molecule has 42 heavy (non-hydrogen) atoms. The second-order valence-corrected chi connectivity index (χ2v) is 12.7. The second kappa shape index (κ2) is 14.7. The monoisotopic (exact) mass is 581 g/mol. The van der Waals surface area contributed by atoms with Crippen LogP contribution in [0.2, 0.25) is 0 Å². The van der Waals surface area contributed by atoms with Gasteiger partial charge in [-0.25, -0.2) is 0 Å². The normalized spacial score (nSPS) is 19.7. The van der Waals surface area contributed by atoms with E-state index in [-0.39, 0.29) is 17.9 Å². The quantitative estimate of drug-likeness (QED) is 0.222. The molecule has 2 N–H and O–H groups in total. The predicted molar refractivity (Wildman–Crippen MR) is 166 cm³/mol. The van der Waals surface area contributed by atoms with Crippen molar-refractivity contribution < 1.29 is 24.1 Å². The Morgan fingerprint density at radius 2 is 1.69 bits per heavy atom. The summed E-state index contributed by atoms with van der Waals surface area (Å²) >= 11 is 0. The molecule has 8 nitrogen and oxygen atoms in total. The zero-order valence-corrected chi connectivity index (χ0v) is 26.3. The predicted octanol–water partition coefficient (Wildman–Crippen LogP) is 4.56. The van der Waals surface area contributed by atoms with Crippen LogP contribution >= 0.6 is 0 Å². The third kappa shape index (κ3) is 7.84. The van der Waals surface area contributed by atoms with Gasteiger partial charge in [-0.3, -0.25) is 9.69 Å². The molecule has 1 amide bonds. The van der Waals surface area contributed by atoms with Gasteiger partial charge in [0.2, 0.25) is 0 Å². The van der Waals surface area contributed by atoms with Crippen LogP contribution in [0.15, 0.2) is 48.5 Å². The van der Waals surface area contributed by atoms with Crippen LogP contribution in [-0.2, 0) is 10.2 Å². The highest BCUT2D eigenvalue weighted by atomic mass is 16.5. The van der Waals surface area contributed by atoms with Gasteiger partial charge in [0.25, 0.3) is 5.91 Å². The van der Waals surface area contributed by atoms with Gasteiger partial charge in [-0.1, -0.05) is 44.2 Å². The van der Waals surface area contributed by atoms with Gasteiger partial charge >= 0.3 is 0 Å². The van der Waals surface area contributed by atoms with Crippen LogP contribution in [0.5, 0.6) is 11.5 Å². The standard InChI is InChI=1S/C34H51N3O5/c1-24(2)36(32(38)25-13-16-30(41-6)31(19-25)42-18-10-17-40-5)22-26-20-35-21-27(26)23-37(29-14-15-29)33(39)34(3,4)28-11-8-7-9-12-28/h7-9,11-13,16,19,24,26-27,29,33,35,39H,10,14-15,17-18,20-23H2,1-6H3/t26-,27-,33?/m0/s1. The highest BCUT2D eigenvalue weighted by Gasteiger charge is 2.43. The van der Waals surface area contributed by atoms with Crippen LogP contribution in [0, 0.1) is 11.8 Å². The molecule has 1 saturated carbocycles. The molecule has 232 valence electrons. The summed E-state index contributed by atoms with van der Waals surface area (Å²) in [6.45, 7) is 12.7. The lowest BCUT2D eigenvalue weighted by Gasteiger charge is -2.41. The van der Waals surface area contributed by atoms with Gasteiger partial charge in [0.1, 0.15) is 6.23 Å². The summed E-state index contributed by atoms with van der Waals surface area (Å²) < 4.78 is 16.6. The van der Waals surface area contributed by atoms with Crippen LogP contribution < -0.4 is 14.8 Å². The summed E-state index contributed by atoms with van der Waals surface area (Å²) in [6, 6.07) is 16.2. The largest absolute Gasteiger partial charge is 0.493 e. The molecule has 0 bridgehead atoms. The van der Waals surface area contributed by atoms with E-state index < -0.39 is 11.6 Å².